The van der Waals surface area contributed by atoms with Crippen LogP contribution in [0.25, 0.3) is 11.3 Å². The molecule has 0 radical (unpaired) electrons. The molecule has 0 saturated heterocycles. The molecule has 146 valence electrons. The second-order valence-electron chi connectivity index (χ2n) is 7.61. The quantitative estimate of drug-likeness (QED) is 0.634. The van der Waals surface area contributed by atoms with Gasteiger partial charge in [0.2, 0.25) is 0 Å². The number of quaternary nitrogens is 1. The van der Waals surface area contributed by atoms with Crippen molar-refractivity contribution in [3.8, 4) is 22.8 Å². The van der Waals surface area contributed by atoms with E-state index in [1.165, 1.54) is 21.7 Å². The molecule has 0 aliphatic heterocycles. The molecule has 1 heterocycles. The van der Waals surface area contributed by atoms with Crippen molar-refractivity contribution in [3.05, 3.63) is 60.5 Å². The van der Waals surface area contributed by atoms with Crippen LogP contribution in [0.1, 0.15) is 0 Å². The van der Waals surface area contributed by atoms with E-state index >= 15 is 0 Å². The molecule has 3 rings (SSSR count). The van der Waals surface area contributed by atoms with E-state index in [0.717, 1.165) is 11.3 Å². The average molecular weight is 383 g/mol. The lowest BCUT2D eigenvalue weighted by Gasteiger charge is -2.23. The Bertz CT molecular complexity index is 988. The van der Waals surface area contributed by atoms with Gasteiger partial charge in [0.25, 0.3) is 0 Å². The smallest absolute Gasteiger partial charge is 0.344 e. The molecule has 2 aromatic carbocycles. The van der Waals surface area contributed by atoms with E-state index in [0.29, 0.717) is 21.7 Å². The zero-order valence-electron chi connectivity index (χ0n) is 16.7. The first-order valence-electron chi connectivity index (χ1n) is 8.82. The molecule has 0 bridgehead atoms. The van der Waals surface area contributed by atoms with Crippen molar-refractivity contribution >= 4 is 11.7 Å². The predicted octanol–water partition coefficient (Wildman–Crippen LogP) is 4.21. The molecule has 0 unspecified atom stereocenters. The molecular formula is C21H24FN4O2+. The summed E-state index contributed by atoms with van der Waals surface area (Å²) in [6.45, 7) is 0. The van der Waals surface area contributed by atoms with Crippen LogP contribution >= 0.6 is 0 Å². The molecule has 0 aliphatic rings. The van der Waals surface area contributed by atoms with Gasteiger partial charge in [-0.3, -0.25) is 4.48 Å². The van der Waals surface area contributed by atoms with Gasteiger partial charge in [-0.1, -0.05) is 0 Å². The SMILES string of the molecule is CN(C)C(=O)n1ccc(-c2ccc(Oc3cc(F)cc([N+](C)(C)C)c3)cc2)n1. The minimum absolute atomic E-state index is 0.217. The van der Waals surface area contributed by atoms with Crippen molar-refractivity contribution < 1.29 is 13.9 Å². The minimum Gasteiger partial charge on any atom is -0.457 e. The van der Waals surface area contributed by atoms with Crippen LogP contribution in [0.2, 0.25) is 0 Å². The summed E-state index contributed by atoms with van der Waals surface area (Å²) in [7, 11) is 9.24. The van der Waals surface area contributed by atoms with Gasteiger partial charge in [0.05, 0.1) is 26.8 Å². The Hall–Kier alpha value is -3.19. The van der Waals surface area contributed by atoms with Crippen molar-refractivity contribution in [1.82, 2.24) is 19.2 Å². The first kappa shape index (κ1) is 19.6. The van der Waals surface area contributed by atoms with Crippen molar-refractivity contribution in [2.75, 3.05) is 35.2 Å². The van der Waals surface area contributed by atoms with E-state index in [9.17, 15) is 9.18 Å². The fraction of sp³-hybridized carbons (Fsp3) is 0.238. The fourth-order valence-electron chi connectivity index (χ4n) is 2.61. The molecular weight excluding hydrogens is 359 g/mol. The van der Waals surface area contributed by atoms with Gasteiger partial charge in [-0.15, -0.1) is 0 Å². The number of nitrogens with zero attached hydrogens (tertiary/aromatic N) is 4. The monoisotopic (exact) mass is 383 g/mol. The summed E-state index contributed by atoms with van der Waals surface area (Å²) in [5, 5.41) is 4.30. The van der Waals surface area contributed by atoms with Gasteiger partial charge in [-0.2, -0.15) is 9.78 Å². The Labute approximate surface area is 164 Å². The highest BCUT2D eigenvalue weighted by Gasteiger charge is 2.16. The molecule has 28 heavy (non-hydrogen) atoms. The Morgan fingerprint density at radius 2 is 1.71 bits per heavy atom. The Morgan fingerprint density at radius 3 is 2.32 bits per heavy atom. The van der Waals surface area contributed by atoms with E-state index in [2.05, 4.69) is 5.10 Å². The van der Waals surface area contributed by atoms with Crippen molar-refractivity contribution in [2.24, 2.45) is 0 Å². The summed E-state index contributed by atoms with van der Waals surface area (Å²) < 4.78 is 21.5. The Balaban J connectivity index is 1.79. The molecule has 0 aliphatic carbocycles. The number of aromatic nitrogens is 2. The lowest BCUT2D eigenvalue weighted by Crippen LogP contribution is -2.34. The lowest BCUT2D eigenvalue weighted by atomic mass is 10.1. The van der Waals surface area contributed by atoms with E-state index < -0.39 is 0 Å². The molecule has 0 spiro atoms. The van der Waals surface area contributed by atoms with Crippen LogP contribution in [0.4, 0.5) is 14.9 Å². The molecule has 0 atom stereocenters. The van der Waals surface area contributed by atoms with Crippen LogP contribution in [0, 0.1) is 5.82 Å². The third-order valence-electron chi connectivity index (χ3n) is 4.18. The number of carbonyl (C=O) groups is 1. The van der Waals surface area contributed by atoms with Crippen LogP contribution in [-0.2, 0) is 0 Å². The summed E-state index contributed by atoms with van der Waals surface area (Å²) in [6, 6.07) is 13.5. The standard InChI is InChI=1S/C21H24FN4O2/c1-24(2)21(27)25-11-10-20(23-25)15-6-8-18(9-7-15)28-19-13-16(22)12-17(14-19)26(3,4)5/h6-14H,1-5H3/q+1. The van der Waals surface area contributed by atoms with Gasteiger partial charge < -0.3 is 9.64 Å². The van der Waals surface area contributed by atoms with Gasteiger partial charge in [0.15, 0.2) is 0 Å². The molecule has 1 aromatic heterocycles. The summed E-state index contributed by atoms with van der Waals surface area (Å²) in [5.74, 6) is 0.690. The van der Waals surface area contributed by atoms with E-state index in [1.54, 1.807) is 38.5 Å². The van der Waals surface area contributed by atoms with Crippen molar-refractivity contribution in [3.63, 3.8) is 0 Å². The zero-order valence-corrected chi connectivity index (χ0v) is 16.7. The van der Waals surface area contributed by atoms with Crippen LogP contribution in [0.5, 0.6) is 11.5 Å². The zero-order chi connectivity index (χ0) is 20.5. The Morgan fingerprint density at radius 1 is 1.04 bits per heavy atom. The first-order valence-corrected chi connectivity index (χ1v) is 8.82. The maximum atomic E-state index is 13.9. The van der Waals surface area contributed by atoms with Gasteiger partial charge in [0.1, 0.15) is 23.0 Å². The number of hydrogen-bond donors (Lipinski definition) is 0. The largest absolute Gasteiger partial charge is 0.457 e. The van der Waals surface area contributed by atoms with Crippen molar-refractivity contribution in [1.29, 1.82) is 0 Å². The summed E-state index contributed by atoms with van der Waals surface area (Å²) in [6.07, 6.45) is 1.63. The topological polar surface area (TPSA) is 47.4 Å². The van der Waals surface area contributed by atoms with Gasteiger partial charge in [-0.05, 0) is 30.3 Å². The van der Waals surface area contributed by atoms with Gasteiger partial charge in [0, 0.05) is 44.1 Å². The number of rotatable bonds is 4. The number of hydrogen-bond acceptors (Lipinski definition) is 3. The second kappa shape index (κ2) is 7.44. The second-order valence-corrected chi connectivity index (χ2v) is 7.61. The number of halogens is 1. The van der Waals surface area contributed by atoms with E-state index in [-0.39, 0.29) is 11.8 Å². The number of benzene rings is 2. The molecule has 0 N–H and O–H groups in total. The number of ether oxygens (including phenoxy) is 1. The fourth-order valence-corrected chi connectivity index (χ4v) is 2.61. The summed E-state index contributed by atoms with van der Waals surface area (Å²) in [5.41, 5.74) is 2.34. The Kier molecular flexibility index (Phi) is 5.20. The summed E-state index contributed by atoms with van der Waals surface area (Å²) >= 11 is 0. The third-order valence-corrected chi connectivity index (χ3v) is 4.18. The first-order chi connectivity index (χ1) is 13.1. The lowest BCUT2D eigenvalue weighted by molar-refractivity contribution is 0.216. The van der Waals surface area contributed by atoms with Crippen LogP contribution in [-0.4, -0.2) is 55.9 Å². The van der Waals surface area contributed by atoms with Gasteiger partial charge >= 0.3 is 6.03 Å². The minimum atomic E-state index is -0.340. The van der Waals surface area contributed by atoms with Gasteiger partial charge in [-0.25, -0.2) is 9.18 Å². The molecule has 0 fully saturated rings. The number of amides is 1. The highest BCUT2D eigenvalue weighted by Crippen LogP contribution is 2.30. The van der Waals surface area contributed by atoms with E-state index in [4.69, 9.17) is 4.74 Å². The highest BCUT2D eigenvalue weighted by atomic mass is 19.1. The molecule has 6 nitrogen and oxygen atoms in total. The number of carbonyl (C=O) groups excluding carboxylic acids is 1. The highest BCUT2D eigenvalue weighted by molar-refractivity contribution is 5.76. The molecule has 7 heteroatoms. The maximum Gasteiger partial charge on any atom is 0.344 e. The van der Waals surface area contributed by atoms with Crippen LogP contribution in [0.15, 0.2) is 54.7 Å². The van der Waals surface area contributed by atoms with Crippen molar-refractivity contribution in [2.45, 2.75) is 0 Å². The van der Waals surface area contributed by atoms with Crippen LogP contribution in [0.3, 0.4) is 0 Å². The molecule has 3 aromatic rings. The van der Waals surface area contributed by atoms with E-state index in [1.807, 2.05) is 39.3 Å². The summed E-state index contributed by atoms with van der Waals surface area (Å²) in [4.78, 5) is 13.4. The normalized spacial score (nSPS) is 11.4. The molecule has 0 saturated carbocycles. The maximum absolute atomic E-state index is 13.9. The average Bonchev–Trinajstić information content (AvgIpc) is 3.10. The predicted molar refractivity (Wildman–Crippen MR) is 108 cm³/mol. The van der Waals surface area contributed by atoms with Crippen LogP contribution < -0.4 is 9.22 Å². The third kappa shape index (κ3) is 4.37. The molecule has 1 amide bonds.